The van der Waals surface area contributed by atoms with Crippen LogP contribution in [0.4, 0.5) is 4.39 Å². The second-order valence-corrected chi connectivity index (χ2v) is 3.41. The van der Waals surface area contributed by atoms with Crippen LogP contribution in [0.5, 0.6) is 0 Å². The highest BCUT2D eigenvalue weighted by atomic mass is 127. The van der Waals surface area contributed by atoms with Crippen molar-refractivity contribution in [3.63, 3.8) is 0 Å². The molecule has 1 aromatic rings. The highest BCUT2D eigenvalue weighted by Gasteiger charge is 2.10. The van der Waals surface area contributed by atoms with Crippen LogP contribution >= 0.6 is 34.2 Å². The Morgan fingerprint density at radius 3 is 2.79 bits per heavy atom. The van der Waals surface area contributed by atoms with Gasteiger partial charge >= 0.3 is 0 Å². The SMILES string of the molecule is NC(=O)c1cnc(C(F)=CI)c(Cl)c1. The number of aromatic nitrogens is 1. The number of halogens is 3. The van der Waals surface area contributed by atoms with Crippen LogP contribution in [0.15, 0.2) is 16.3 Å². The lowest BCUT2D eigenvalue weighted by Crippen LogP contribution is -2.11. The summed E-state index contributed by atoms with van der Waals surface area (Å²) < 4.78 is 14.3. The van der Waals surface area contributed by atoms with Gasteiger partial charge in [0.15, 0.2) is 5.83 Å². The van der Waals surface area contributed by atoms with Crippen LogP contribution < -0.4 is 5.73 Å². The van der Waals surface area contributed by atoms with E-state index in [1.165, 1.54) is 16.3 Å². The van der Waals surface area contributed by atoms with Gasteiger partial charge < -0.3 is 5.73 Å². The first kappa shape index (κ1) is 11.4. The lowest BCUT2D eigenvalue weighted by atomic mass is 10.2. The molecule has 0 saturated carbocycles. The summed E-state index contributed by atoms with van der Waals surface area (Å²) in [5, 5.41) is 0.0618. The molecule has 0 bridgehead atoms. The summed E-state index contributed by atoms with van der Waals surface area (Å²) in [7, 11) is 0. The van der Waals surface area contributed by atoms with Crippen LogP contribution in [-0.4, -0.2) is 10.9 Å². The van der Waals surface area contributed by atoms with Crippen LogP contribution in [0.3, 0.4) is 0 Å². The molecule has 2 N–H and O–H groups in total. The number of rotatable bonds is 2. The van der Waals surface area contributed by atoms with E-state index in [4.69, 9.17) is 17.3 Å². The minimum Gasteiger partial charge on any atom is -0.366 e. The molecule has 0 unspecified atom stereocenters. The zero-order valence-corrected chi connectivity index (χ0v) is 9.71. The molecule has 1 aromatic heterocycles. The van der Waals surface area contributed by atoms with Gasteiger partial charge in [-0.3, -0.25) is 9.78 Å². The molecule has 1 rings (SSSR count). The monoisotopic (exact) mass is 326 g/mol. The molecule has 74 valence electrons. The van der Waals surface area contributed by atoms with Gasteiger partial charge in [0.05, 0.1) is 10.6 Å². The van der Waals surface area contributed by atoms with Gasteiger partial charge in [-0.25, -0.2) is 4.39 Å². The summed E-state index contributed by atoms with van der Waals surface area (Å²) in [4.78, 5) is 14.4. The van der Waals surface area contributed by atoms with E-state index in [1.807, 2.05) is 0 Å². The standard InChI is InChI=1S/C8H5ClFIN2O/c9-5-1-4(8(12)14)3-13-7(5)6(10)2-11/h1-3H,(H2,12,14). The molecule has 0 aliphatic heterocycles. The fraction of sp³-hybridized carbons (Fsp3) is 0. The van der Waals surface area contributed by atoms with Crippen LogP contribution in [-0.2, 0) is 0 Å². The summed E-state index contributed by atoms with van der Waals surface area (Å²) >= 11 is 7.42. The predicted octanol–water partition coefficient (Wildman–Crippen LogP) is 2.54. The zero-order chi connectivity index (χ0) is 10.7. The van der Waals surface area contributed by atoms with Gasteiger partial charge in [0, 0.05) is 10.3 Å². The Bertz CT molecular complexity index is 408. The number of nitrogens with two attached hydrogens (primary N) is 1. The van der Waals surface area contributed by atoms with E-state index in [9.17, 15) is 9.18 Å². The Balaban J connectivity index is 3.20. The second-order valence-electron chi connectivity index (χ2n) is 2.38. The molecule has 0 spiro atoms. The number of pyridine rings is 1. The Labute approximate surface area is 98.3 Å². The minimum atomic E-state index is -0.648. The third-order valence-electron chi connectivity index (χ3n) is 1.45. The Morgan fingerprint density at radius 2 is 2.36 bits per heavy atom. The Kier molecular flexibility index (Phi) is 3.82. The summed E-state index contributed by atoms with van der Waals surface area (Å²) in [6.07, 6.45) is 1.18. The third-order valence-corrected chi connectivity index (χ3v) is 2.28. The van der Waals surface area contributed by atoms with Gasteiger partial charge in [-0.05, 0) is 28.7 Å². The van der Waals surface area contributed by atoms with Crippen molar-refractivity contribution in [2.75, 3.05) is 0 Å². The average Bonchev–Trinajstić information content (AvgIpc) is 2.16. The van der Waals surface area contributed by atoms with Crippen molar-refractivity contribution in [3.05, 3.63) is 32.6 Å². The fourth-order valence-electron chi connectivity index (χ4n) is 0.800. The van der Waals surface area contributed by atoms with Crippen LogP contribution in [0.2, 0.25) is 5.02 Å². The first-order valence-electron chi connectivity index (χ1n) is 3.48. The highest BCUT2D eigenvalue weighted by Crippen LogP contribution is 2.24. The molecular formula is C8H5ClFIN2O. The molecule has 6 heteroatoms. The van der Waals surface area contributed by atoms with E-state index in [2.05, 4.69) is 4.98 Å². The molecule has 0 fully saturated rings. The smallest absolute Gasteiger partial charge is 0.250 e. The van der Waals surface area contributed by atoms with Gasteiger partial charge in [0.1, 0.15) is 5.69 Å². The highest BCUT2D eigenvalue weighted by molar-refractivity contribution is 14.1. The van der Waals surface area contributed by atoms with Crippen molar-refractivity contribution in [2.45, 2.75) is 0 Å². The zero-order valence-electron chi connectivity index (χ0n) is 6.80. The van der Waals surface area contributed by atoms with E-state index in [1.54, 1.807) is 22.6 Å². The summed E-state index contributed by atoms with van der Waals surface area (Å²) in [6, 6.07) is 1.28. The van der Waals surface area contributed by atoms with E-state index in [0.29, 0.717) is 0 Å². The lowest BCUT2D eigenvalue weighted by molar-refractivity contribution is 0.1000. The van der Waals surface area contributed by atoms with E-state index in [-0.39, 0.29) is 16.3 Å². The quantitative estimate of drug-likeness (QED) is 0.849. The number of hydrogen-bond donors (Lipinski definition) is 1. The normalized spacial score (nSPS) is 11.5. The fourth-order valence-corrected chi connectivity index (χ4v) is 1.35. The molecule has 0 aromatic carbocycles. The number of carbonyl (C=O) groups excluding carboxylic acids is 1. The number of hydrogen-bond acceptors (Lipinski definition) is 2. The van der Waals surface area contributed by atoms with Crippen LogP contribution in [0.25, 0.3) is 5.83 Å². The predicted molar refractivity (Wildman–Crippen MR) is 60.9 cm³/mol. The molecular weight excluding hydrogens is 321 g/mol. The van der Waals surface area contributed by atoms with E-state index >= 15 is 0 Å². The first-order chi connectivity index (χ1) is 6.56. The number of nitrogens with zero attached hydrogens (tertiary/aromatic N) is 1. The Morgan fingerprint density at radius 1 is 1.71 bits per heavy atom. The molecule has 0 atom stereocenters. The van der Waals surface area contributed by atoms with Gasteiger partial charge in [0.2, 0.25) is 5.91 Å². The number of amides is 1. The van der Waals surface area contributed by atoms with Gasteiger partial charge in [-0.15, -0.1) is 0 Å². The van der Waals surface area contributed by atoms with E-state index < -0.39 is 11.7 Å². The van der Waals surface area contributed by atoms with Gasteiger partial charge in [0.25, 0.3) is 0 Å². The molecule has 14 heavy (non-hydrogen) atoms. The molecule has 0 aliphatic carbocycles. The van der Waals surface area contributed by atoms with Crippen molar-refractivity contribution in [1.29, 1.82) is 0 Å². The lowest BCUT2D eigenvalue weighted by Gasteiger charge is -2.01. The molecule has 1 amide bonds. The third kappa shape index (κ3) is 2.42. The maximum Gasteiger partial charge on any atom is 0.250 e. The topological polar surface area (TPSA) is 56.0 Å². The summed E-state index contributed by atoms with van der Waals surface area (Å²) in [5.41, 5.74) is 5.15. The molecule has 1 heterocycles. The average molecular weight is 326 g/mol. The summed E-state index contributed by atoms with van der Waals surface area (Å²) in [5.74, 6) is -1.20. The Hall–Kier alpha value is -0.690. The second kappa shape index (κ2) is 4.70. The van der Waals surface area contributed by atoms with Gasteiger partial charge in [-0.1, -0.05) is 11.6 Å². The molecule has 0 radical (unpaired) electrons. The van der Waals surface area contributed by atoms with Crippen molar-refractivity contribution < 1.29 is 9.18 Å². The van der Waals surface area contributed by atoms with Crippen molar-refractivity contribution in [3.8, 4) is 0 Å². The van der Waals surface area contributed by atoms with Gasteiger partial charge in [-0.2, -0.15) is 0 Å². The van der Waals surface area contributed by atoms with Crippen molar-refractivity contribution in [2.24, 2.45) is 5.73 Å². The van der Waals surface area contributed by atoms with Crippen molar-refractivity contribution >= 4 is 45.9 Å². The largest absolute Gasteiger partial charge is 0.366 e. The summed E-state index contributed by atoms with van der Waals surface area (Å²) in [6.45, 7) is 0. The maximum atomic E-state index is 13.0. The van der Waals surface area contributed by atoms with Crippen LogP contribution in [0.1, 0.15) is 16.1 Å². The molecule has 0 aliphatic rings. The van der Waals surface area contributed by atoms with E-state index in [0.717, 1.165) is 0 Å². The molecule has 3 nitrogen and oxygen atoms in total. The van der Waals surface area contributed by atoms with Crippen LogP contribution in [0, 0.1) is 0 Å². The number of primary amides is 1. The minimum absolute atomic E-state index is 0.00562. The first-order valence-corrected chi connectivity index (χ1v) is 5.10. The maximum absolute atomic E-state index is 13.0. The molecule has 0 saturated heterocycles. The van der Waals surface area contributed by atoms with Crippen molar-refractivity contribution in [1.82, 2.24) is 4.98 Å². The number of carbonyl (C=O) groups is 1.